The summed E-state index contributed by atoms with van der Waals surface area (Å²) in [6.45, 7) is 12.1. The lowest BCUT2D eigenvalue weighted by Gasteiger charge is -2.22. The van der Waals surface area contributed by atoms with Crippen LogP contribution in [0.25, 0.3) is 6.08 Å². The fourth-order valence-corrected chi connectivity index (χ4v) is 4.34. The van der Waals surface area contributed by atoms with Gasteiger partial charge < -0.3 is 21.3 Å². The molecule has 2 aliphatic heterocycles. The molecule has 2 aliphatic rings. The van der Waals surface area contributed by atoms with Crippen molar-refractivity contribution in [1.29, 1.82) is 0 Å². The van der Waals surface area contributed by atoms with E-state index < -0.39 is 11.7 Å². The molecule has 0 bridgehead atoms. The van der Waals surface area contributed by atoms with E-state index in [1.165, 1.54) is 12.1 Å². The van der Waals surface area contributed by atoms with Gasteiger partial charge in [0, 0.05) is 61.6 Å². The zero-order chi connectivity index (χ0) is 26.2. The summed E-state index contributed by atoms with van der Waals surface area (Å²) in [4.78, 5) is 36.3. The van der Waals surface area contributed by atoms with Crippen LogP contribution in [-0.2, 0) is 4.79 Å². The maximum Gasteiger partial charge on any atom is 0.258 e. The van der Waals surface area contributed by atoms with Crippen LogP contribution < -0.4 is 16.4 Å². The zero-order valence-corrected chi connectivity index (χ0v) is 21.3. The van der Waals surface area contributed by atoms with E-state index in [4.69, 9.17) is 5.73 Å². The van der Waals surface area contributed by atoms with Crippen molar-refractivity contribution in [2.24, 2.45) is 15.7 Å². The number of nitrogens with one attached hydrogen (secondary N) is 2. The van der Waals surface area contributed by atoms with Gasteiger partial charge in [-0.05, 0) is 56.3 Å². The lowest BCUT2D eigenvalue weighted by Crippen LogP contribution is -2.34. The Morgan fingerprint density at radius 2 is 2.03 bits per heavy atom. The fourth-order valence-electron chi connectivity index (χ4n) is 4.34. The van der Waals surface area contributed by atoms with Crippen molar-refractivity contribution in [1.82, 2.24) is 15.5 Å². The zero-order valence-electron chi connectivity index (χ0n) is 21.3. The molecule has 0 unspecified atom stereocenters. The van der Waals surface area contributed by atoms with Crippen LogP contribution in [0.1, 0.15) is 62.4 Å². The Kier molecular flexibility index (Phi) is 9.30. The fraction of sp³-hybridized carbons (Fsp3) is 0.407. The van der Waals surface area contributed by atoms with Gasteiger partial charge in [0.05, 0.1) is 11.3 Å². The SMILES string of the molecule is C=NC1=C(/C=C(\C)NC(=O)c2cc3c(cc2F)C=C(C(=O)N(CCC)CCC)CC(N)=N3)CNCC1. The highest BCUT2D eigenvalue weighted by Crippen LogP contribution is 2.30. The summed E-state index contributed by atoms with van der Waals surface area (Å²) in [6.07, 6.45) is 6.01. The number of amidine groups is 1. The first-order valence-electron chi connectivity index (χ1n) is 12.3. The maximum absolute atomic E-state index is 15.1. The van der Waals surface area contributed by atoms with Crippen LogP contribution in [0.3, 0.4) is 0 Å². The highest BCUT2D eigenvalue weighted by atomic mass is 19.1. The molecule has 0 saturated carbocycles. The predicted octanol–water partition coefficient (Wildman–Crippen LogP) is 3.83. The van der Waals surface area contributed by atoms with Crippen molar-refractivity contribution >= 4 is 36.1 Å². The first-order valence-corrected chi connectivity index (χ1v) is 12.3. The molecule has 36 heavy (non-hydrogen) atoms. The van der Waals surface area contributed by atoms with E-state index in [1.807, 2.05) is 19.9 Å². The number of nitrogens with zero attached hydrogens (tertiary/aromatic N) is 3. The summed E-state index contributed by atoms with van der Waals surface area (Å²) in [7, 11) is 0. The minimum atomic E-state index is -0.705. The Labute approximate surface area is 211 Å². The molecule has 2 amide bonds. The number of hydrogen-bond acceptors (Lipinski definition) is 6. The minimum absolute atomic E-state index is 0.132. The molecule has 9 heteroatoms. The normalized spacial score (nSPS) is 15.9. The van der Waals surface area contributed by atoms with Crippen molar-refractivity contribution in [2.45, 2.75) is 46.5 Å². The van der Waals surface area contributed by atoms with Crippen molar-refractivity contribution in [3.8, 4) is 0 Å². The molecule has 1 aromatic rings. The van der Waals surface area contributed by atoms with Crippen molar-refractivity contribution in [2.75, 3.05) is 26.2 Å². The van der Waals surface area contributed by atoms with Gasteiger partial charge in [0.25, 0.3) is 5.91 Å². The van der Waals surface area contributed by atoms with Crippen LogP contribution in [0.4, 0.5) is 10.1 Å². The van der Waals surface area contributed by atoms with Gasteiger partial charge in [-0.15, -0.1) is 0 Å². The number of rotatable bonds is 9. The summed E-state index contributed by atoms with van der Waals surface area (Å²) in [5.41, 5.74) is 9.52. The summed E-state index contributed by atoms with van der Waals surface area (Å²) in [6, 6.07) is 2.61. The summed E-state index contributed by atoms with van der Waals surface area (Å²) < 4.78 is 15.1. The third kappa shape index (κ3) is 6.54. The Hall–Kier alpha value is -3.59. The molecule has 192 valence electrons. The van der Waals surface area contributed by atoms with Crippen LogP contribution in [0.15, 0.2) is 50.7 Å². The smallest absolute Gasteiger partial charge is 0.258 e. The van der Waals surface area contributed by atoms with E-state index >= 15 is 4.39 Å². The lowest BCUT2D eigenvalue weighted by molar-refractivity contribution is -0.127. The van der Waals surface area contributed by atoms with E-state index in [9.17, 15) is 9.59 Å². The lowest BCUT2D eigenvalue weighted by atomic mass is 10.0. The quantitative estimate of drug-likeness (QED) is 0.453. The third-order valence-corrected chi connectivity index (χ3v) is 5.99. The topological polar surface area (TPSA) is 112 Å². The number of hydrogen-bond donors (Lipinski definition) is 3. The Balaban J connectivity index is 1.89. The number of fused-ring (bicyclic) bond motifs is 1. The number of carbonyl (C=O) groups excluding carboxylic acids is 2. The molecule has 0 aliphatic carbocycles. The summed E-state index contributed by atoms with van der Waals surface area (Å²) >= 11 is 0. The first kappa shape index (κ1) is 27.0. The molecule has 4 N–H and O–H groups in total. The van der Waals surface area contributed by atoms with Gasteiger partial charge in [-0.25, -0.2) is 9.38 Å². The van der Waals surface area contributed by atoms with Gasteiger partial charge in [0.15, 0.2) is 0 Å². The van der Waals surface area contributed by atoms with Crippen molar-refractivity contribution < 1.29 is 14.0 Å². The van der Waals surface area contributed by atoms with Gasteiger partial charge >= 0.3 is 0 Å². The molecular formula is C27H35FN6O2. The molecule has 0 fully saturated rings. The van der Waals surface area contributed by atoms with Crippen LogP contribution in [0.2, 0.25) is 0 Å². The average molecular weight is 495 g/mol. The number of amides is 2. The van der Waals surface area contributed by atoms with Gasteiger partial charge in [-0.3, -0.25) is 14.6 Å². The molecule has 0 aromatic heterocycles. The van der Waals surface area contributed by atoms with Crippen molar-refractivity contribution in [3.05, 3.63) is 57.7 Å². The van der Waals surface area contributed by atoms with E-state index in [-0.39, 0.29) is 23.7 Å². The number of allylic oxidation sites excluding steroid dienone is 1. The van der Waals surface area contributed by atoms with Gasteiger partial charge in [-0.1, -0.05) is 13.8 Å². The van der Waals surface area contributed by atoms with Crippen LogP contribution in [-0.4, -0.2) is 55.4 Å². The van der Waals surface area contributed by atoms with Gasteiger partial charge in [0.1, 0.15) is 11.7 Å². The third-order valence-electron chi connectivity index (χ3n) is 5.99. The maximum atomic E-state index is 15.1. The van der Waals surface area contributed by atoms with E-state index in [1.54, 1.807) is 17.9 Å². The molecule has 3 rings (SSSR count). The molecule has 0 atom stereocenters. The Bertz CT molecular complexity index is 1160. The van der Waals surface area contributed by atoms with Crippen LogP contribution in [0, 0.1) is 5.82 Å². The minimum Gasteiger partial charge on any atom is -0.387 e. The second-order valence-corrected chi connectivity index (χ2v) is 8.97. The van der Waals surface area contributed by atoms with Gasteiger partial charge in [0.2, 0.25) is 5.91 Å². The molecule has 0 saturated heterocycles. The number of nitrogens with two attached hydrogens (primary N) is 1. The molecule has 0 spiro atoms. The van der Waals surface area contributed by atoms with E-state index in [2.05, 4.69) is 27.3 Å². The highest BCUT2D eigenvalue weighted by molar-refractivity contribution is 6.06. The van der Waals surface area contributed by atoms with E-state index in [0.29, 0.717) is 42.2 Å². The molecule has 2 heterocycles. The molecular weight excluding hydrogens is 459 g/mol. The number of aliphatic imine (C=N–C) groups is 2. The second kappa shape index (κ2) is 12.4. The first-order chi connectivity index (χ1) is 17.3. The largest absolute Gasteiger partial charge is 0.387 e. The van der Waals surface area contributed by atoms with Crippen molar-refractivity contribution in [3.63, 3.8) is 0 Å². The number of benzene rings is 1. The van der Waals surface area contributed by atoms with E-state index in [0.717, 1.165) is 37.1 Å². The van der Waals surface area contributed by atoms with Gasteiger partial charge in [-0.2, -0.15) is 0 Å². The molecule has 0 radical (unpaired) electrons. The molecule has 1 aromatic carbocycles. The monoisotopic (exact) mass is 494 g/mol. The van der Waals surface area contributed by atoms with Crippen LogP contribution >= 0.6 is 0 Å². The molecule has 8 nitrogen and oxygen atoms in total. The highest BCUT2D eigenvalue weighted by Gasteiger charge is 2.23. The number of halogens is 1. The second-order valence-electron chi connectivity index (χ2n) is 8.97. The average Bonchev–Trinajstić information content (AvgIpc) is 3.00. The summed E-state index contributed by atoms with van der Waals surface area (Å²) in [5.74, 6) is -1.20. The van der Waals surface area contributed by atoms with Crippen LogP contribution in [0.5, 0.6) is 0 Å². The Morgan fingerprint density at radius 3 is 2.69 bits per heavy atom. The summed E-state index contributed by atoms with van der Waals surface area (Å²) in [5, 5.41) is 5.99. The Morgan fingerprint density at radius 1 is 1.31 bits per heavy atom. The standard InChI is InChI=1S/C27H35FN6O2/c1-5-9-34(10-6-2)27(36)19-12-18-13-22(28)21(15-24(18)33-25(29)14-19)26(35)32-17(3)11-20-16-31-8-7-23(20)30-4/h11-13,15,31H,4-10,14,16H2,1-3H3,(H2,29,33)(H,32,35)/b17-11+. The number of carbonyl (C=O) groups is 2. The predicted molar refractivity (Wildman–Crippen MR) is 143 cm³/mol.